The number of benzene rings is 2. The van der Waals surface area contributed by atoms with Gasteiger partial charge in [0.05, 0.1) is 11.4 Å². The van der Waals surface area contributed by atoms with Gasteiger partial charge in [0.15, 0.2) is 0 Å². The maximum Gasteiger partial charge on any atom is 0.326 e. The highest BCUT2D eigenvalue weighted by atomic mass is 32.1. The number of carboxylic acids is 1. The van der Waals surface area contributed by atoms with E-state index in [1.807, 2.05) is 56.4 Å². The molecule has 4 rings (SSSR count). The van der Waals surface area contributed by atoms with Crippen LogP contribution in [-0.2, 0) is 24.2 Å². The van der Waals surface area contributed by atoms with Gasteiger partial charge in [0.25, 0.3) is 5.91 Å². The van der Waals surface area contributed by atoms with Crippen LogP contribution >= 0.6 is 11.3 Å². The summed E-state index contributed by atoms with van der Waals surface area (Å²) >= 11 is 1.57. The van der Waals surface area contributed by atoms with Gasteiger partial charge in [-0.05, 0) is 72.4 Å². The molecule has 0 saturated heterocycles. The number of carbonyl (C=O) groups is 2. The zero-order chi connectivity index (χ0) is 27.2. The number of hydrogen-bond acceptors (Lipinski definition) is 6. The third-order valence-electron chi connectivity index (χ3n) is 6.16. The Balaban J connectivity index is 1.41. The number of amides is 1. The normalized spacial score (nSPS) is 11.7. The summed E-state index contributed by atoms with van der Waals surface area (Å²) in [5.74, 6) is -1.27. The van der Waals surface area contributed by atoms with Crippen molar-refractivity contribution in [1.29, 1.82) is 0 Å². The van der Waals surface area contributed by atoms with E-state index in [9.17, 15) is 19.1 Å². The monoisotopic (exact) mass is 532 g/mol. The summed E-state index contributed by atoms with van der Waals surface area (Å²) in [5, 5.41) is 16.6. The molecule has 38 heavy (non-hydrogen) atoms. The first-order valence-corrected chi connectivity index (χ1v) is 13.1. The third kappa shape index (κ3) is 6.60. The van der Waals surface area contributed by atoms with Gasteiger partial charge in [0.1, 0.15) is 22.7 Å². The summed E-state index contributed by atoms with van der Waals surface area (Å²) in [6, 6.07) is 12.9. The molecule has 1 unspecified atom stereocenters. The van der Waals surface area contributed by atoms with Gasteiger partial charge in [0.2, 0.25) is 0 Å². The molecule has 0 fully saturated rings. The molecule has 2 heterocycles. The zero-order valence-electron chi connectivity index (χ0n) is 21.4. The van der Waals surface area contributed by atoms with Crippen LogP contribution in [0.4, 0.5) is 10.2 Å². The predicted molar refractivity (Wildman–Crippen MR) is 147 cm³/mol. The number of aliphatic carboxylic acids is 1. The van der Waals surface area contributed by atoms with Crippen molar-refractivity contribution in [2.45, 2.75) is 46.2 Å². The van der Waals surface area contributed by atoms with E-state index in [1.54, 1.807) is 24.5 Å². The molecular weight excluding hydrogens is 503 g/mol. The number of halogens is 1. The minimum Gasteiger partial charge on any atom is -0.480 e. The van der Waals surface area contributed by atoms with E-state index in [1.165, 1.54) is 12.1 Å². The number of hydrogen-bond donors (Lipinski definition) is 3. The number of carboxylic acid groups (broad SMARTS) is 1. The Morgan fingerprint density at radius 2 is 1.84 bits per heavy atom. The Hall–Kier alpha value is -4.11. The predicted octanol–water partition coefficient (Wildman–Crippen LogP) is 5.56. The fourth-order valence-corrected chi connectivity index (χ4v) is 5.07. The molecule has 1 atom stereocenters. The number of thiazole rings is 1. The van der Waals surface area contributed by atoms with E-state index in [-0.39, 0.29) is 6.42 Å². The van der Waals surface area contributed by atoms with E-state index in [0.29, 0.717) is 29.7 Å². The average molecular weight is 533 g/mol. The lowest BCUT2D eigenvalue weighted by atomic mass is 9.98. The molecule has 9 heteroatoms. The van der Waals surface area contributed by atoms with Gasteiger partial charge in [-0.3, -0.25) is 4.79 Å². The van der Waals surface area contributed by atoms with Crippen molar-refractivity contribution in [3.05, 3.63) is 99.6 Å². The quantitative estimate of drug-likeness (QED) is 0.247. The van der Waals surface area contributed by atoms with Gasteiger partial charge >= 0.3 is 5.97 Å². The fraction of sp³-hybridized carbons (Fsp3) is 0.241. The lowest BCUT2D eigenvalue weighted by Gasteiger charge is -2.17. The number of pyridine rings is 1. The summed E-state index contributed by atoms with van der Waals surface area (Å²) in [5.41, 5.74) is 4.21. The SMILES string of the molecule is CCc1cc(F)cc(C)c1C(=O)NC(Cc1ccc(-c2cnc(CNc3cc(C)ccn3)s2)cc1)C(=O)O. The molecule has 3 N–H and O–H groups in total. The van der Waals surface area contributed by atoms with Crippen molar-refractivity contribution >= 4 is 29.0 Å². The molecule has 2 aromatic heterocycles. The lowest BCUT2D eigenvalue weighted by molar-refractivity contribution is -0.139. The molecule has 7 nitrogen and oxygen atoms in total. The first kappa shape index (κ1) is 26.9. The van der Waals surface area contributed by atoms with Crippen LogP contribution in [0.5, 0.6) is 0 Å². The number of anilines is 1. The summed E-state index contributed by atoms with van der Waals surface area (Å²) in [6.07, 6.45) is 4.15. The molecule has 1 amide bonds. The Kier molecular flexibility index (Phi) is 8.48. The molecule has 4 aromatic rings. The summed E-state index contributed by atoms with van der Waals surface area (Å²) in [4.78, 5) is 34.7. The van der Waals surface area contributed by atoms with Gasteiger partial charge in [-0.15, -0.1) is 11.3 Å². The maximum absolute atomic E-state index is 13.8. The number of carbonyl (C=O) groups excluding carboxylic acids is 1. The highest BCUT2D eigenvalue weighted by molar-refractivity contribution is 7.15. The van der Waals surface area contributed by atoms with Crippen molar-refractivity contribution in [2.24, 2.45) is 0 Å². The van der Waals surface area contributed by atoms with Crippen LogP contribution in [0.2, 0.25) is 0 Å². The largest absolute Gasteiger partial charge is 0.480 e. The fourth-order valence-electron chi connectivity index (χ4n) is 4.21. The van der Waals surface area contributed by atoms with Crippen molar-refractivity contribution in [3.63, 3.8) is 0 Å². The first-order valence-electron chi connectivity index (χ1n) is 12.3. The van der Waals surface area contributed by atoms with E-state index >= 15 is 0 Å². The van der Waals surface area contributed by atoms with Gasteiger partial charge in [0, 0.05) is 24.4 Å². The molecular formula is C29H29FN4O3S. The molecule has 0 saturated carbocycles. The minimum atomic E-state index is -1.14. The molecule has 0 spiro atoms. The van der Waals surface area contributed by atoms with Gasteiger partial charge in [-0.2, -0.15) is 0 Å². The van der Waals surface area contributed by atoms with E-state index in [2.05, 4.69) is 20.6 Å². The van der Waals surface area contributed by atoms with Gasteiger partial charge in [-0.25, -0.2) is 19.2 Å². The topological polar surface area (TPSA) is 104 Å². The summed E-state index contributed by atoms with van der Waals surface area (Å²) < 4.78 is 13.8. The highest BCUT2D eigenvalue weighted by Gasteiger charge is 2.24. The van der Waals surface area contributed by atoms with Crippen LogP contribution < -0.4 is 10.6 Å². The number of nitrogens with zero attached hydrogens (tertiary/aromatic N) is 2. The van der Waals surface area contributed by atoms with Gasteiger partial charge in [-0.1, -0.05) is 31.2 Å². The van der Waals surface area contributed by atoms with E-state index < -0.39 is 23.7 Å². The van der Waals surface area contributed by atoms with Crippen LogP contribution in [0.1, 0.15) is 44.5 Å². The van der Waals surface area contributed by atoms with Crippen LogP contribution in [0.25, 0.3) is 10.4 Å². The molecule has 0 bridgehead atoms. The molecule has 196 valence electrons. The van der Waals surface area contributed by atoms with E-state index in [0.717, 1.165) is 32.4 Å². The van der Waals surface area contributed by atoms with Crippen LogP contribution in [0.15, 0.2) is 60.9 Å². The van der Waals surface area contributed by atoms with Crippen molar-refractivity contribution in [1.82, 2.24) is 15.3 Å². The number of aryl methyl sites for hydroxylation is 3. The maximum atomic E-state index is 13.8. The van der Waals surface area contributed by atoms with Crippen molar-refractivity contribution in [3.8, 4) is 10.4 Å². The Morgan fingerprint density at radius 3 is 2.53 bits per heavy atom. The molecule has 0 aliphatic carbocycles. The molecule has 2 aromatic carbocycles. The lowest BCUT2D eigenvalue weighted by Crippen LogP contribution is -2.42. The minimum absolute atomic E-state index is 0.115. The Labute approximate surface area is 224 Å². The molecule has 0 aliphatic heterocycles. The number of rotatable bonds is 10. The zero-order valence-corrected chi connectivity index (χ0v) is 22.2. The van der Waals surface area contributed by atoms with Crippen molar-refractivity contribution < 1.29 is 19.1 Å². The van der Waals surface area contributed by atoms with Gasteiger partial charge < -0.3 is 15.7 Å². The number of aromatic nitrogens is 2. The number of nitrogens with one attached hydrogen (secondary N) is 2. The third-order valence-corrected chi connectivity index (χ3v) is 7.21. The second-order valence-electron chi connectivity index (χ2n) is 9.07. The average Bonchev–Trinajstić information content (AvgIpc) is 3.36. The Bertz CT molecular complexity index is 1450. The Morgan fingerprint density at radius 1 is 1.08 bits per heavy atom. The second kappa shape index (κ2) is 12.0. The van der Waals surface area contributed by atoms with Crippen molar-refractivity contribution in [2.75, 3.05) is 5.32 Å². The molecule has 0 radical (unpaired) electrons. The van der Waals surface area contributed by atoms with E-state index in [4.69, 9.17) is 0 Å². The van der Waals surface area contributed by atoms with Crippen LogP contribution in [-0.4, -0.2) is 33.0 Å². The van der Waals surface area contributed by atoms with Crippen LogP contribution in [0, 0.1) is 19.7 Å². The second-order valence-corrected chi connectivity index (χ2v) is 10.2. The molecule has 0 aliphatic rings. The highest BCUT2D eigenvalue weighted by Crippen LogP contribution is 2.27. The first-order chi connectivity index (χ1) is 18.2. The summed E-state index contributed by atoms with van der Waals surface area (Å²) in [6.45, 7) is 6.04. The summed E-state index contributed by atoms with van der Waals surface area (Å²) in [7, 11) is 0. The van der Waals surface area contributed by atoms with Crippen LogP contribution in [0.3, 0.4) is 0 Å². The standard InChI is InChI=1S/C29H29FN4O3S/c1-4-20-14-22(30)12-18(3)27(20)28(35)34-23(29(36)37)13-19-5-7-21(8-6-19)24-15-33-26(38-24)16-32-25-11-17(2)9-10-31-25/h5-12,14-15,23H,4,13,16H2,1-3H3,(H,31,32)(H,34,35)(H,36,37). The smallest absolute Gasteiger partial charge is 0.326 e.